The highest BCUT2D eigenvalue weighted by Crippen LogP contribution is 2.17. The normalized spacial score (nSPS) is 11.7. The van der Waals surface area contributed by atoms with Gasteiger partial charge < -0.3 is 10.6 Å². The van der Waals surface area contributed by atoms with E-state index in [2.05, 4.69) is 10.6 Å². The number of nitro benzene ring substituents is 1. The molecule has 0 heterocycles. The lowest BCUT2D eigenvalue weighted by atomic mass is 10.0. The number of amides is 2. The van der Waals surface area contributed by atoms with E-state index in [1.165, 1.54) is 18.2 Å². The maximum Gasteiger partial charge on any atom is 0.274 e. The highest BCUT2D eigenvalue weighted by Gasteiger charge is 2.25. The number of para-hydroxylation sites is 1. The predicted octanol–water partition coefficient (Wildman–Crippen LogP) is 2.80. The molecular weight excluding hydrogens is 353 g/mol. The van der Waals surface area contributed by atoms with Gasteiger partial charge in [0.1, 0.15) is 11.9 Å². The molecule has 0 aliphatic heterocycles. The van der Waals surface area contributed by atoms with E-state index in [9.17, 15) is 24.1 Å². The molecule has 1 atom stereocenters. The molecule has 2 aromatic rings. The number of carbonyl (C=O) groups is 2. The summed E-state index contributed by atoms with van der Waals surface area (Å²) in [7, 11) is 0. The first-order valence-corrected chi connectivity index (χ1v) is 8.36. The van der Waals surface area contributed by atoms with Crippen molar-refractivity contribution in [2.75, 3.05) is 0 Å². The van der Waals surface area contributed by atoms with Crippen molar-refractivity contribution >= 4 is 17.5 Å². The number of nitrogens with one attached hydrogen (secondary N) is 2. The SMILES string of the molecule is CC(C)C(NC(=O)c1ccc(F)cc1)C(=O)NCc1ccccc1[N+](=O)[O-]. The van der Waals surface area contributed by atoms with Crippen molar-refractivity contribution in [1.29, 1.82) is 0 Å². The van der Waals surface area contributed by atoms with Gasteiger partial charge in [0.05, 0.1) is 4.92 Å². The van der Waals surface area contributed by atoms with Crippen LogP contribution in [0.3, 0.4) is 0 Å². The van der Waals surface area contributed by atoms with Gasteiger partial charge in [-0.05, 0) is 30.2 Å². The molecule has 2 aromatic carbocycles. The minimum absolute atomic E-state index is 0.0361. The zero-order valence-corrected chi connectivity index (χ0v) is 14.9. The van der Waals surface area contributed by atoms with E-state index in [1.807, 2.05) is 0 Å². The summed E-state index contributed by atoms with van der Waals surface area (Å²) in [5, 5.41) is 16.3. The third-order valence-electron chi connectivity index (χ3n) is 3.98. The Morgan fingerprint density at radius 2 is 1.74 bits per heavy atom. The van der Waals surface area contributed by atoms with E-state index in [1.54, 1.807) is 32.0 Å². The molecule has 0 saturated heterocycles. The molecule has 0 bridgehead atoms. The average Bonchev–Trinajstić information content (AvgIpc) is 2.64. The largest absolute Gasteiger partial charge is 0.350 e. The minimum atomic E-state index is -0.842. The molecular formula is C19H20FN3O4. The molecule has 0 aliphatic rings. The second kappa shape index (κ2) is 8.88. The average molecular weight is 373 g/mol. The van der Waals surface area contributed by atoms with Crippen LogP contribution in [-0.2, 0) is 11.3 Å². The van der Waals surface area contributed by atoms with Crippen molar-refractivity contribution in [3.8, 4) is 0 Å². The lowest BCUT2D eigenvalue weighted by Crippen LogP contribution is -2.49. The molecule has 0 spiro atoms. The van der Waals surface area contributed by atoms with Gasteiger partial charge in [-0.3, -0.25) is 19.7 Å². The first-order valence-electron chi connectivity index (χ1n) is 8.36. The summed E-state index contributed by atoms with van der Waals surface area (Å²) < 4.78 is 13.0. The summed E-state index contributed by atoms with van der Waals surface area (Å²) in [4.78, 5) is 35.3. The van der Waals surface area contributed by atoms with Crippen molar-refractivity contribution in [2.24, 2.45) is 5.92 Å². The van der Waals surface area contributed by atoms with Crippen LogP contribution in [0.4, 0.5) is 10.1 Å². The summed E-state index contributed by atoms with van der Waals surface area (Å²) >= 11 is 0. The summed E-state index contributed by atoms with van der Waals surface area (Å²) in [5.41, 5.74) is 0.506. The highest BCUT2D eigenvalue weighted by molar-refractivity contribution is 5.97. The Hall–Kier alpha value is -3.29. The minimum Gasteiger partial charge on any atom is -0.350 e. The van der Waals surface area contributed by atoms with Gasteiger partial charge in [0.15, 0.2) is 0 Å². The van der Waals surface area contributed by atoms with Crippen LogP contribution in [0.2, 0.25) is 0 Å². The first kappa shape index (κ1) is 20.0. The molecule has 0 saturated carbocycles. The number of halogens is 1. The molecule has 2 amide bonds. The van der Waals surface area contributed by atoms with Gasteiger partial charge in [-0.15, -0.1) is 0 Å². The number of nitrogens with zero attached hydrogens (tertiary/aromatic N) is 1. The van der Waals surface area contributed by atoms with Crippen LogP contribution in [0.25, 0.3) is 0 Å². The summed E-state index contributed by atoms with van der Waals surface area (Å²) in [6.07, 6.45) is 0. The van der Waals surface area contributed by atoms with Crippen LogP contribution in [0.15, 0.2) is 48.5 Å². The van der Waals surface area contributed by atoms with Crippen LogP contribution in [0.1, 0.15) is 29.8 Å². The Morgan fingerprint density at radius 3 is 2.33 bits per heavy atom. The van der Waals surface area contributed by atoms with Crippen molar-refractivity contribution < 1.29 is 18.9 Å². The molecule has 0 radical (unpaired) electrons. The van der Waals surface area contributed by atoms with Crippen molar-refractivity contribution in [1.82, 2.24) is 10.6 Å². The Labute approximate surface area is 155 Å². The maximum absolute atomic E-state index is 13.0. The summed E-state index contributed by atoms with van der Waals surface area (Å²) in [6.45, 7) is 3.49. The first-order chi connectivity index (χ1) is 12.8. The monoisotopic (exact) mass is 373 g/mol. The highest BCUT2D eigenvalue weighted by atomic mass is 19.1. The Balaban J connectivity index is 2.06. The number of nitro groups is 1. The zero-order chi connectivity index (χ0) is 20.0. The van der Waals surface area contributed by atoms with E-state index in [-0.39, 0.29) is 23.7 Å². The van der Waals surface area contributed by atoms with Crippen molar-refractivity contribution in [2.45, 2.75) is 26.4 Å². The van der Waals surface area contributed by atoms with Crippen LogP contribution < -0.4 is 10.6 Å². The second-order valence-corrected chi connectivity index (χ2v) is 6.31. The van der Waals surface area contributed by atoms with E-state index in [4.69, 9.17) is 0 Å². The summed E-state index contributed by atoms with van der Waals surface area (Å²) in [5.74, 6) is -1.65. The summed E-state index contributed by atoms with van der Waals surface area (Å²) in [6, 6.07) is 10.2. The molecule has 0 aliphatic carbocycles. The Bertz CT molecular complexity index is 837. The van der Waals surface area contributed by atoms with E-state index in [0.717, 1.165) is 12.1 Å². The van der Waals surface area contributed by atoms with Crippen LogP contribution in [0, 0.1) is 21.8 Å². The van der Waals surface area contributed by atoms with E-state index >= 15 is 0 Å². The van der Waals surface area contributed by atoms with E-state index in [0.29, 0.717) is 5.56 Å². The lowest BCUT2D eigenvalue weighted by Gasteiger charge is -2.21. The quantitative estimate of drug-likeness (QED) is 0.575. The molecule has 27 heavy (non-hydrogen) atoms. The predicted molar refractivity (Wildman–Crippen MR) is 97.4 cm³/mol. The fraction of sp³-hybridized carbons (Fsp3) is 0.263. The molecule has 0 aromatic heterocycles. The maximum atomic E-state index is 13.0. The lowest BCUT2D eigenvalue weighted by molar-refractivity contribution is -0.385. The standard InChI is InChI=1S/C19H20FN3O4/c1-12(2)17(22-18(24)13-7-9-15(20)10-8-13)19(25)21-11-14-5-3-4-6-16(14)23(26)27/h3-10,12,17H,11H2,1-2H3,(H,21,25)(H,22,24). The Kier molecular flexibility index (Phi) is 6.59. The van der Waals surface area contributed by atoms with Crippen LogP contribution in [0.5, 0.6) is 0 Å². The van der Waals surface area contributed by atoms with Crippen molar-refractivity contribution in [3.05, 3.63) is 75.6 Å². The molecule has 2 N–H and O–H groups in total. The van der Waals surface area contributed by atoms with Gasteiger partial charge >= 0.3 is 0 Å². The Morgan fingerprint density at radius 1 is 1.11 bits per heavy atom. The fourth-order valence-electron chi connectivity index (χ4n) is 2.49. The van der Waals surface area contributed by atoms with Gasteiger partial charge in [0.2, 0.25) is 5.91 Å². The molecule has 1 unspecified atom stereocenters. The third kappa shape index (κ3) is 5.34. The number of hydrogen-bond acceptors (Lipinski definition) is 4. The van der Waals surface area contributed by atoms with Gasteiger partial charge in [-0.25, -0.2) is 4.39 Å². The third-order valence-corrected chi connectivity index (χ3v) is 3.98. The molecule has 0 fully saturated rings. The molecule has 2 rings (SSSR count). The number of benzene rings is 2. The zero-order valence-electron chi connectivity index (χ0n) is 14.9. The number of rotatable bonds is 7. The molecule has 7 nitrogen and oxygen atoms in total. The fourth-order valence-corrected chi connectivity index (χ4v) is 2.49. The van der Waals surface area contributed by atoms with Crippen molar-refractivity contribution in [3.63, 3.8) is 0 Å². The van der Waals surface area contributed by atoms with E-state index < -0.39 is 28.6 Å². The number of carbonyl (C=O) groups excluding carboxylic acids is 2. The van der Waals surface area contributed by atoms with Gasteiger partial charge in [0, 0.05) is 23.7 Å². The smallest absolute Gasteiger partial charge is 0.274 e. The molecule has 142 valence electrons. The van der Waals surface area contributed by atoms with Crippen LogP contribution >= 0.6 is 0 Å². The van der Waals surface area contributed by atoms with Gasteiger partial charge in [-0.1, -0.05) is 32.0 Å². The number of hydrogen-bond donors (Lipinski definition) is 2. The van der Waals surface area contributed by atoms with Gasteiger partial charge in [-0.2, -0.15) is 0 Å². The molecule has 8 heteroatoms. The topological polar surface area (TPSA) is 101 Å². The van der Waals surface area contributed by atoms with Gasteiger partial charge in [0.25, 0.3) is 11.6 Å². The van der Waals surface area contributed by atoms with Crippen LogP contribution in [-0.4, -0.2) is 22.8 Å². The second-order valence-electron chi connectivity index (χ2n) is 6.31.